The average Bonchev–Trinajstić information content (AvgIpc) is 3.04. The molecule has 1 aliphatic carbocycles. The van der Waals surface area contributed by atoms with Gasteiger partial charge >= 0.3 is 0 Å². The molecule has 2 rings (SSSR count). The van der Waals surface area contributed by atoms with Crippen LogP contribution < -0.4 is 5.32 Å². The second-order valence-electron chi connectivity index (χ2n) is 5.45. The minimum Gasteiger partial charge on any atom is -0.377 e. The van der Waals surface area contributed by atoms with Gasteiger partial charge in [0.1, 0.15) is 5.54 Å². The molecule has 1 heterocycles. The number of hydrogen-bond acceptors (Lipinski definition) is 4. The Morgan fingerprint density at radius 1 is 1.50 bits per heavy atom. The fraction of sp³-hybridized carbons (Fsp3) is 0.929. The Hall–Kier alpha value is -0.240. The molecule has 0 aromatic rings. The number of rotatable bonds is 6. The summed E-state index contributed by atoms with van der Waals surface area (Å²) in [4.78, 5) is 0. The summed E-state index contributed by atoms with van der Waals surface area (Å²) in [5.74, 6) is 1.11. The van der Waals surface area contributed by atoms with Gasteiger partial charge in [-0.2, -0.15) is 17.0 Å². The predicted octanol–water partition coefficient (Wildman–Crippen LogP) is 2.71. The van der Waals surface area contributed by atoms with E-state index >= 15 is 0 Å². The number of nitrogens with zero attached hydrogens (tertiary/aromatic N) is 1. The van der Waals surface area contributed by atoms with E-state index in [1.807, 2.05) is 11.8 Å². The summed E-state index contributed by atoms with van der Waals surface area (Å²) in [6, 6.07) is 2.51. The van der Waals surface area contributed by atoms with Crippen molar-refractivity contribution in [2.75, 3.05) is 18.9 Å². The van der Waals surface area contributed by atoms with Gasteiger partial charge < -0.3 is 4.74 Å². The highest BCUT2D eigenvalue weighted by atomic mass is 32.2. The Morgan fingerprint density at radius 3 is 3.06 bits per heavy atom. The molecule has 2 aliphatic rings. The van der Waals surface area contributed by atoms with Crippen LogP contribution >= 0.6 is 11.8 Å². The van der Waals surface area contributed by atoms with Gasteiger partial charge in [0.15, 0.2) is 0 Å². The molecule has 1 N–H and O–H groups in total. The number of nitriles is 1. The van der Waals surface area contributed by atoms with Crippen LogP contribution in [0.2, 0.25) is 0 Å². The Morgan fingerprint density at radius 2 is 2.39 bits per heavy atom. The van der Waals surface area contributed by atoms with Crippen molar-refractivity contribution in [3.8, 4) is 6.07 Å². The molecule has 2 fully saturated rings. The van der Waals surface area contributed by atoms with Gasteiger partial charge in [-0.05, 0) is 45.1 Å². The number of ether oxygens (including phenoxy) is 1. The first-order valence-corrected chi connectivity index (χ1v) is 8.22. The second-order valence-corrected chi connectivity index (χ2v) is 6.79. The quantitative estimate of drug-likeness (QED) is 0.804. The summed E-state index contributed by atoms with van der Waals surface area (Å²) < 4.78 is 5.65. The fourth-order valence-corrected chi connectivity index (χ4v) is 4.26. The Labute approximate surface area is 115 Å². The normalized spacial score (nSPS) is 35.8. The topological polar surface area (TPSA) is 45.0 Å². The van der Waals surface area contributed by atoms with Crippen LogP contribution in [0, 0.1) is 11.3 Å². The van der Waals surface area contributed by atoms with Crippen molar-refractivity contribution in [1.82, 2.24) is 5.32 Å². The van der Waals surface area contributed by atoms with Crippen molar-refractivity contribution in [2.45, 2.75) is 62.3 Å². The summed E-state index contributed by atoms with van der Waals surface area (Å²) >= 11 is 2.02. The van der Waals surface area contributed by atoms with Crippen LogP contribution in [0.15, 0.2) is 0 Å². The molecule has 4 heteroatoms. The van der Waals surface area contributed by atoms with E-state index in [4.69, 9.17) is 4.74 Å². The monoisotopic (exact) mass is 268 g/mol. The van der Waals surface area contributed by atoms with Gasteiger partial charge in [-0.1, -0.05) is 6.92 Å². The lowest BCUT2D eigenvalue weighted by Crippen LogP contribution is -2.42. The van der Waals surface area contributed by atoms with Gasteiger partial charge in [-0.25, -0.2) is 0 Å². The van der Waals surface area contributed by atoms with Gasteiger partial charge in [-0.15, -0.1) is 0 Å². The van der Waals surface area contributed by atoms with E-state index in [2.05, 4.69) is 18.3 Å². The Kier molecular flexibility index (Phi) is 5.35. The summed E-state index contributed by atoms with van der Waals surface area (Å²) in [5.41, 5.74) is -0.246. The molecule has 3 atom stereocenters. The van der Waals surface area contributed by atoms with E-state index in [9.17, 15) is 5.26 Å². The van der Waals surface area contributed by atoms with Gasteiger partial charge in [0.2, 0.25) is 0 Å². The van der Waals surface area contributed by atoms with Crippen molar-refractivity contribution in [2.24, 2.45) is 0 Å². The van der Waals surface area contributed by atoms with Gasteiger partial charge in [-0.3, -0.25) is 5.32 Å². The largest absolute Gasteiger partial charge is 0.377 e. The predicted molar refractivity (Wildman–Crippen MR) is 75.7 cm³/mol. The van der Waals surface area contributed by atoms with Crippen molar-refractivity contribution in [3.05, 3.63) is 0 Å². The Bertz CT molecular complexity index is 299. The first kappa shape index (κ1) is 14.2. The maximum atomic E-state index is 9.39. The lowest BCUT2D eigenvalue weighted by Gasteiger charge is -2.22. The molecule has 102 valence electrons. The van der Waals surface area contributed by atoms with E-state index in [0.717, 1.165) is 38.2 Å². The summed E-state index contributed by atoms with van der Waals surface area (Å²) in [7, 11) is 0. The van der Waals surface area contributed by atoms with Gasteiger partial charge in [0.25, 0.3) is 0 Å². The third kappa shape index (κ3) is 3.63. The zero-order valence-electron chi connectivity index (χ0n) is 11.3. The van der Waals surface area contributed by atoms with Crippen LogP contribution in [-0.2, 0) is 4.74 Å². The minimum atomic E-state index is -0.246. The van der Waals surface area contributed by atoms with Gasteiger partial charge in [0, 0.05) is 17.6 Å². The van der Waals surface area contributed by atoms with Crippen molar-refractivity contribution < 1.29 is 4.74 Å². The van der Waals surface area contributed by atoms with Crippen molar-refractivity contribution >= 4 is 11.8 Å². The van der Waals surface area contributed by atoms with Crippen LogP contribution in [0.25, 0.3) is 0 Å². The molecule has 1 saturated carbocycles. The molecule has 3 nitrogen and oxygen atoms in total. The van der Waals surface area contributed by atoms with Crippen LogP contribution in [0.4, 0.5) is 0 Å². The number of nitrogens with one attached hydrogen (secondary N) is 1. The van der Waals surface area contributed by atoms with Crippen LogP contribution in [-0.4, -0.2) is 35.8 Å². The molecule has 0 aromatic heterocycles. The molecular weight excluding hydrogens is 244 g/mol. The number of hydrogen-bond donors (Lipinski definition) is 1. The highest BCUT2D eigenvalue weighted by Gasteiger charge is 2.39. The maximum Gasteiger partial charge on any atom is 0.107 e. The first-order chi connectivity index (χ1) is 8.78. The van der Waals surface area contributed by atoms with Gasteiger partial charge in [0.05, 0.1) is 12.2 Å². The zero-order chi connectivity index (χ0) is 12.8. The van der Waals surface area contributed by atoms with Crippen molar-refractivity contribution in [1.29, 1.82) is 5.26 Å². The number of thioether (sulfide) groups is 1. The molecular formula is C14H24N2OS. The van der Waals surface area contributed by atoms with E-state index in [1.54, 1.807) is 0 Å². The molecule has 18 heavy (non-hydrogen) atoms. The maximum absolute atomic E-state index is 9.39. The lowest BCUT2D eigenvalue weighted by molar-refractivity contribution is 0.129. The molecule has 0 radical (unpaired) electrons. The molecule has 1 aliphatic heterocycles. The van der Waals surface area contributed by atoms with Crippen LogP contribution in [0.3, 0.4) is 0 Å². The molecule has 0 amide bonds. The lowest BCUT2D eigenvalue weighted by atomic mass is 10.00. The van der Waals surface area contributed by atoms with E-state index in [0.29, 0.717) is 11.4 Å². The Balaban J connectivity index is 1.74. The first-order valence-electron chi connectivity index (χ1n) is 7.17. The van der Waals surface area contributed by atoms with E-state index < -0.39 is 0 Å². The molecule has 0 spiro atoms. The highest BCUT2D eigenvalue weighted by Crippen LogP contribution is 2.37. The molecule has 3 unspecified atom stereocenters. The van der Waals surface area contributed by atoms with E-state index in [-0.39, 0.29) is 5.54 Å². The average molecular weight is 268 g/mol. The molecule has 0 bridgehead atoms. The smallest absolute Gasteiger partial charge is 0.107 e. The van der Waals surface area contributed by atoms with Crippen molar-refractivity contribution in [3.63, 3.8) is 0 Å². The zero-order valence-corrected chi connectivity index (χ0v) is 12.1. The van der Waals surface area contributed by atoms with Crippen LogP contribution in [0.1, 0.15) is 45.4 Å². The third-order valence-corrected chi connectivity index (χ3v) is 5.38. The van der Waals surface area contributed by atoms with Crippen LogP contribution in [0.5, 0.6) is 0 Å². The highest BCUT2D eigenvalue weighted by molar-refractivity contribution is 7.99. The van der Waals surface area contributed by atoms with E-state index in [1.165, 1.54) is 19.3 Å². The second kappa shape index (κ2) is 6.79. The summed E-state index contributed by atoms with van der Waals surface area (Å²) in [6.45, 7) is 4.05. The minimum absolute atomic E-state index is 0.246. The SMILES string of the molecule is CCCNC1(C#N)CCC(SCC2CCCO2)C1. The summed E-state index contributed by atoms with van der Waals surface area (Å²) in [6.07, 6.45) is 7.18. The third-order valence-electron chi connectivity index (χ3n) is 3.94. The standard InChI is InChI=1S/C14H24N2OS/c1-2-7-16-14(11-15)6-5-13(9-14)18-10-12-4-3-8-17-12/h12-13,16H,2-10H2,1H3. The fourth-order valence-electron chi connectivity index (χ4n) is 2.83. The summed E-state index contributed by atoms with van der Waals surface area (Å²) in [5, 5.41) is 13.5. The molecule has 0 aromatic carbocycles. The molecule has 1 saturated heterocycles.